The Morgan fingerprint density at radius 3 is 2.47 bits per heavy atom. The molecule has 0 N–H and O–H groups in total. The smallest absolute Gasteiger partial charge is 0.225 e. The minimum atomic E-state index is 0.106. The number of piperazine rings is 1. The molecule has 0 unspecified atom stereocenters. The lowest BCUT2D eigenvalue weighted by Crippen LogP contribution is -2.49. The molecule has 3 nitrogen and oxygen atoms in total. The van der Waals surface area contributed by atoms with Crippen molar-refractivity contribution in [3.63, 3.8) is 0 Å². The van der Waals surface area contributed by atoms with Gasteiger partial charge in [0.25, 0.3) is 0 Å². The Hall–Kier alpha value is -1.51. The van der Waals surface area contributed by atoms with Crippen LogP contribution in [0.3, 0.4) is 0 Å². The first-order chi connectivity index (χ1) is 9.11. The average molecular weight is 260 g/mol. The minimum absolute atomic E-state index is 0.106. The van der Waals surface area contributed by atoms with Crippen LogP contribution in [0, 0.1) is 5.92 Å². The van der Waals surface area contributed by atoms with Crippen LogP contribution in [0.25, 0.3) is 0 Å². The van der Waals surface area contributed by atoms with Gasteiger partial charge in [0.1, 0.15) is 0 Å². The molecule has 0 bridgehead atoms. The van der Waals surface area contributed by atoms with Crippen molar-refractivity contribution in [2.24, 2.45) is 5.92 Å². The van der Waals surface area contributed by atoms with Crippen molar-refractivity contribution in [1.82, 2.24) is 4.90 Å². The Balaban J connectivity index is 1.97. The fraction of sp³-hybridized carbons (Fsp3) is 0.562. The highest BCUT2D eigenvalue weighted by Gasteiger charge is 2.22. The van der Waals surface area contributed by atoms with Crippen molar-refractivity contribution in [3.05, 3.63) is 29.8 Å². The number of rotatable bonds is 3. The molecule has 1 saturated heterocycles. The number of hydrogen-bond acceptors (Lipinski definition) is 2. The average Bonchev–Trinajstić information content (AvgIpc) is 2.46. The highest BCUT2D eigenvalue weighted by atomic mass is 16.2. The summed E-state index contributed by atoms with van der Waals surface area (Å²) >= 11 is 0. The van der Waals surface area contributed by atoms with Crippen molar-refractivity contribution in [2.45, 2.75) is 27.2 Å². The van der Waals surface area contributed by atoms with Crippen LogP contribution in [0.5, 0.6) is 0 Å². The second kappa shape index (κ2) is 6.09. The van der Waals surface area contributed by atoms with Crippen LogP contribution in [0.15, 0.2) is 24.3 Å². The zero-order valence-corrected chi connectivity index (χ0v) is 12.2. The van der Waals surface area contributed by atoms with Crippen LogP contribution in [0.1, 0.15) is 26.3 Å². The molecular formula is C16H24N2O. The summed E-state index contributed by atoms with van der Waals surface area (Å²) in [6, 6.07) is 8.72. The van der Waals surface area contributed by atoms with E-state index in [-0.39, 0.29) is 11.8 Å². The monoisotopic (exact) mass is 260 g/mol. The van der Waals surface area contributed by atoms with Gasteiger partial charge < -0.3 is 9.80 Å². The number of hydrogen-bond donors (Lipinski definition) is 0. The lowest BCUT2D eigenvalue weighted by atomic mass is 10.1. The van der Waals surface area contributed by atoms with Crippen molar-refractivity contribution >= 4 is 11.6 Å². The molecular weight excluding hydrogens is 236 g/mol. The molecule has 19 heavy (non-hydrogen) atoms. The Kier molecular flexibility index (Phi) is 4.46. The first-order valence-electron chi connectivity index (χ1n) is 7.24. The Bertz CT molecular complexity index is 434. The van der Waals surface area contributed by atoms with Gasteiger partial charge in [0.2, 0.25) is 5.91 Å². The molecule has 0 saturated carbocycles. The van der Waals surface area contributed by atoms with Crippen LogP contribution >= 0.6 is 0 Å². The molecule has 1 heterocycles. The summed E-state index contributed by atoms with van der Waals surface area (Å²) in [6.45, 7) is 9.68. The van der Waals surface area contributed by atoms with Crippen LogP contribution in [-0.2, 0) is 11.2 Å². The number of aryl methyl sites for hydroxylation is 1. The van der Waals surface area contributed by atoms with E-state index in [2.05, 4.69) is 36.1 Å². The number of amides is 1. The zero-order valence-electron chi connectivity index (χ0n) is 12.2. The summed E-state index contributed by atoms with van der Waals surface area (Å²) in [5.41, 5.74) is 2.66. The topological polar surface area (TPSA) is 23.6 Å². The molecule has 0 aliphatic carbocycles. The summed E-state index contributed by atoms with van der Waals surface area (Å²) in [5.74, 6) is 0.386. The second-order valence-electron chi connectivity index (χ2n) is 5.49. The second-order valence-corrected chi connectivity index (χ2v) is 5.49. The molecule has 0 atom stereocenters. The van der Waals surface area contributed by atoms with Crippen molar-refractivity contribution < 1.29 is 4.79 Å². The third-order valence-corrected chi connectivity index (χ3v) is 3.77. The fourth-order valence-electron chi connectivity index (χ4n) is 2.52. The van der Waals surface area contributed by atoms with E-state index in [0.717, 1.165) is 32.6 Å². The van der Waals surface area contributed by atoms with Crippen LogP contribution in [-0.4, -0.2) is 37.0 Å². The van der Waals surface area contributed by atoms with E-state index in [0.29, 0.717) is 0 Å². The zero-order chi connectivity index (χ0) is 13.8. The van der Waals surface area contributed by atoms with E-state index >= 15 is 0 Å². The predicted octanol–water partition coefficient (Wildman–Crippen LogP) is 2.55. The minimum Gasteiger partial charge on any atom is -0.368 e. The molecule has 1 fully saturated rings. The molecule has 0 aromatic heterocycles. The highest BCUT2D eigenvalue weighted by Crippen LogP contribution is 2.19. The molecule has 1 amide bonds. The molecule has 0 radical (unpaired) electrons. The Labute approximate surface area is 116 Å². The van der Waals surface area contributed by atoms with E-state index in [1.54, 1.807) is 0 Å². The SMILES string of the molecule is CCc1cccc(N2CCN(C(=O)C(C)C)CC2)c1. The first kappa shape index (κ1) is 13.9. The molecule has 1 aromatic rings. The third kappa shape index (κ3) is 3.28. The number of benzene rings is 1. The van der Waals surface area contributed by atoms with Gasteiger partial charge in [0, 0.05) is 37.8 Å². The van der Waals surface area contributed by atoms with Gasteiger partial charge in [0.15, 0.2) is 0 Å². The molecule has 104 valence electrons. The van der Waals surface area contributed by atoms with Gasteiger partial charge in [-0.05, 0) is 24.1 Å². The van der Waals surface area contributed by atoms with E-state index in [9.17, 15) is 4.79 Å². The maximum absolute atomic E-state index is 11.9. The summed E-state index contributed by atoms with van der Waals surface area (Å²) in [5, 5.41) is 0. The summed E-state index contributed by atoms with van der Waals surface area (Å²) in [6.07, 6.45) is 1.07. The maximum Gasteiger partial charge on any atom is 0.225 e. The van der Waals surface area contributed by atoms with E-state index in [4.69, 9.17) is 0 Å². The maximum atomic E-state index is 11.9. The lowest BCUT2D eigenvalue weighted by Gasteiger charge is -2.37. The molecule has 1 aliphatic heterocycles. The van der Waals surface area contributed by atoms with Crippen molar-refractivity contribution in [2.75, 3.05) is 31.1 Å². The van der Waals surface area contributed by atoms with Gasteiger partial charge in [0.05, 0.1) is 0 Å². The number of carbonyl (C=O) groups is 1. The number of anilines is 1. The first-order valence-corrected chi connectivity index (χ1v) is 7.24. The number of carbonyl (C=O) groups excluding carboxylic acids is 1. The largest absolute Gasteiger partial charge is 0.368 e. The standard InChI is InChI=1S/C16H24N2O/c1-4-14-6-5-7-15(12-14)17-8-10-18(11-9-17)16(19)13(2)3/h5-7,12-13H,4,8-11H2,1-3H3. The Morgan fingerprint density at radius 1 is 1.21 bits per heavy atom. The fourth-order valence-corrected chi connectivity index (χ4v) is 2.52. The van der Waals surface area contributed by atoms with Crippen molar-refractivity contribution in [3.8, 4) is 0 Å². The predicted molar refractivity (Wildman–Crippen MR) is 79.5 cm³/mol. The lowest BCUT2D eigenvalue weighted by molar-refractivity contribution is -0.134. The third-order valence-electron chi connectivity index (χ3n) is 3.77. The van der Waals surface area contributed by atoms with Crippen LogP contribution < -0.4 is 4.90 Å². The van der Waals surface area contributed by atoms with E-state index in [1.807, 2.05) is 18.7 Å². The molecule has 2 rings (SSSR count). The molecule has 1 aliphatic rings. The molecule has 1 aromatic carbocycles. The van der Waals surface area contributed by atoms with Gasteiger partial charge in [-0.1, -0.05) is 32.9 Å². The van der Waals surface area contributed by atoms with E-state index in [1.165, 1.54) is 11.3 Å². The van der Waals surface area contributed by atoms with Gasteiger partial charge >= 0.3 is 0 Å². The normalized spacial score (nSPS) is 16.0. The van der Waals surface area contributed by atoms with Gasteiger partial charge in [-0.2, -0.15) is 0 Å². The highest BCUT2D eigenvalue weighted by molar-refractivity contribution is 5.78. The summed E-state index contributed by atoms with van der Waals surface area (Å²) < 4.78 is 0. The van der Waals surface area contributed by atoms with E-state index < -0.39 is 0 Å². The number of nitrogens with zero attached hydrogens (tertiary/aromatic N) is 2. The van der Waals surface area contributed by atoms with Gasteiger partial charge in [-0.3, -0.25) is 4.79 Å². The van der Waals surface area contributed by atoms with Gasteiger partial charge in [-0.25, -0.2) is 0 Å². The summed E-state index contributed by atoms with van der Waals surface area (Å²) in [4.78, 5) is 16.3. The van der Waals surface area contributed by atoms with Crippen molar-refractivity contribution in [1.29, 1.82) is 0 Å². The van der Waals surface area contributed by atoms with Crippen LogP contribution in [0.4, 0.5) is 5.69 Å². The van der Waals surface area contributed by atoms with Crippen LogP contribution in [0.2, 0.25) is 0 Å². The summed E-state index contributed by atoms with van der Waals surface area (Å²) in [7, 11) is 0. The van der Waals surface area contributed by atoms with Gasteiger partial charge in [-0.15, -0.1) is 0 Å². The Morgan fingerprint density at radius 2 is 1.89 bits per heavy atom. The quantitative estimate of drug-likeness (QED) is 0.834. The molecule has 0 spiro atoms. The molecule has 3 heteroatoms.